The second-order valence-electron chi connectivity index (χ2n) is 8.33. The molecular formula is C29H26ClN3O4S. The highest BCUT2D eigenvalue weighted by atomic mass is 35.5. The third kappa shape index (κ3) is 6.22. The second-order valence-corrected chi connectivity index (χ2v) is 10.6. The number of nitrogens with zero attached hydrogens (tertiary/aromatic N) is 2. The van der Waals surface area contributed by atoms with Crippen molar-refractivity contribution in [2.75, 3.05) is 11.4 Å². The van der Waals surface area contributed by atoms with E-state index in [2.05, 4.69) is 10.5 Å². The minimum absolute atomic E-state index is 0.0204. The topological polar surface area (TPSA) is 88.1 Å². The van der Waals surface area contributed by atoms with E-state index in [0.29, 0.717) is 16.5 Å². The van der Waals surface area contributed by atoms with Crippen LogP contribution in [0.1, 0.15) is 28.4 Å². The summed E-state index contributed by atoms with van der Waals surface area (Å²) in [5.41, 5.74) is 5.06. The van der Waals surface area contributed by atoms with Crippen LogP contribution in [-0.4, -0.2) is 27.1 Å². The Kier molecular flexibility index (Phi) is 8.45. The fourth-order valence-corrected chi connectivity index (χ4v) is 5.36. The summed E-state index contributed by atoms with van der Waals surface area (Å²) < 4.78 is 34.2. The molecule has 0 atom stereocenters. The van der Waals surface area contributed by atoms with Crippen molar-refractivity contribution in [3.8, 4) is 5.75 Å². The highest BCUT2D eigenvalue weighted by molar-refractivity contribution is 7.92. The summed E-state index contributed by atoms with van der Waals surface area (Å²) in [6.07, 6.45) is 0. The number of nitrogens with one attached hydrogen (secondary N) is 1. The van der Waals surface area contributed by atoms with E-state index in [1.165, 1.54) is 23.5 Å². The molecule has 0 saturated heterocycles. The fraction of sp³-hybridized carbons (Fsp3) is 0.103. The van der Waals surface area contributed by atoms with E-state index >= 15 is 0 Å². The molecule has 9 heteroatoms. The number of sulfonamides is 1. The lowest BCUT2D eigenvalue weighted by atomic mass is 10.1. The Labute approximate surface area is 227 Å². The van der Waals surface area contributed by atoms with Gasteiger partial charge in [-0.25, -0.2) is 13.8 Å². The van der Waals surface area contributed by atoms with Gasteiger partial charge >= 0.3 is 0 Å². The van der Waals surface area contributed by atoms with Crippen LogP contribution in [0.2, 0.25) is 5.02 Å². The average Bonchev–Trinajstić information content (AvgIpc) is 2.95. The number of para-hydroxylation sites is 1. The first-order valence-electron chi connectivity index (χ1n) is 11.7. The maximum atomic E-state index is 13.9. The molecule has 0 saturated carbocycles. The van der Waals surface area contributed by atoms with Gasteiger partial charge in [0, 0.05) is 5.02 Å². The minimum atomic E-state index is -4.06. The Hall–Kier alpha value is -4.14. The normalized spacial score (nSPS) is 11.6. The van der Waals surface area contributed by atoms with Gasteiger partial charge in [0.15, 0.2) is 0 Å². The SMILES string of the molecule is COc1ccc(S(=O)(=O)N(Cc2ccccc2)c2ccccc2C(=O)N/N=C(/C)c2ccc(Cl)cc2)cc1. The quantitative estimate of drug-likeness (QED) is 0.209. The maximum absolute atomic E-state index is 13.9. The highest BCUT2D eigenvalue weighted by Gasteiger charge is 2.28. The summed E-state index contributed by atoms with van der Waals surface area (Å²) in [5, 5.41) is 4.81. The molecule has 1 N–H and O–H groups in total. The van der Waals surface area contributed by atoms with Gasteiger partial charge in [-0.3, -0.25) is 9.10 Å². The molecule has 0 spiro atoms. The van der Waals surface area contributed by atoms with Gasteiger partial charge in [0.1, 0.15) is 5.75 Å². The van der Waals surface area contributed by atoms with Crippen LogP contribution in [0.25, 0.3) is 0 Å². The smallest absolute Gasteiger partial charge is 0.273 e. The van der Waals surface area contributed by atoms with Gasteiger partial charge in [0.2, 0.25) is 0 Å². The molecule has 4 aromatic rings. The van der Waals surface area contributed by atoms with Gasteiger partial charge in [-0.05, 0) is 66.6 Å². The lowest BCUT2D eigenvalue weighted by Gasteiger charge is -2.26. The average molecular weight is 548 g/mol. The summed E-state index contributed by atoms with van der Waals surface area (Å²) in [4.78, 5) is 13.4. The van der Waals surface area contributed by atoms with E-state index in [4.69, 9.17) is 16.3 Å². The molecule has 0 bridgehead atoms. The summed E-state index contributed by atoms with van der Waals surface area (Å²) in [5.74, 6) is -0.0100. The zero-order valence-electron chi connectivity index (χ0n) is 20.8. The molecule has 4 rings (SSSR count). The molecule has 0 aromatic heterocycles. The summed E-state index contributed by atoms with van der Waals surface area (Å²) in [6, 6.07) is 28.9. The molecule has 0 radical (unpaired) electrons. The van der Waals surface area contributed by atoms with E-state index < -0.39 is 15.9 Å². The predicted octanol–water partition coefficient (Wildman–Crippen LogP) is 5.90. The van der Waals surface area contributed by atoms with Crippen LogP contribution in [-0.2, 0) is 16.6 Å². The Morgan fingerprint density at radius 1 is 0.895 bits per heavy atom. The molecule has 0 aliphatic heterocycles. The Morgan fingerprint density at radius 3 is 2.18 bits per heavy atom. The Balaban J connectivity index is 1.72. The van der Waals surface area contributed by atoms with Crippen LogP contribution in [0.5, 0.6) is 5.75 Å². The van der Waals surface area contributed by atoms with Crippen LogP contribution in [0.15, 0.2) is 113 Å². The van der Waals surface area contributed by atoms with Crippen LogP contribution in [0, 0.1) is 0 Å². The molecule has 0 heterocycles. The van der Waals surface area contributed by atoms with Gasteiger partial charge in [0.05, 0.1) is 35.5 Å². The number of carbonyl (C=O) groups is 1. The van der Waals surface area contributed by atoms with E-state index in [1.54, 1.807) is 67.6 Å². The van der Waals surface area contributed by atoms with Crippen molar-refractivity contribution in [3.05, 3.63) is 125 Å². The van der Waals surface area contributed by atoms with Crippen molar-refractivity contribution >= 4 is 38.9 Å². The molecular weight excluding hydrogens is 522 g/mol. The number of methoxy groups -OCH3 is 1. The Bertz CT molecular complexity index is 1540. The van der Waals surface area contributed by atoms with Crippen molar-refractivity contribution in [3.63, 3.8) is 0 Å². The van der Waals surface area contributed by atoms with Gasteiger partial charge in [-0.2, -0.15) is 5.10 Å². The first-order chi connectivity index (χ1) is 18.3. The zero-order chi connectivity index (χ0) is 27.1. The van der Waals surface area contributed by atoms with Gasteiger partial charge in [0.25, 0.3) is 15.9 Å². The number of hydrogen-bond acceptors (Lipinski definition) is 5. The van der Waals surface area contributed by atoms with Gasteiger partial charge in [-0.15, -0.1) is 0 Å². The summed E-state index contributed by atoms with van der Waals surface area (Å²) in [7, 11) is -2.55. The van der Waals surface area contributed by atoms with Crippen molar-refractivity contribution < 1.29 is 17.9 Å². The van der Waals surface area contributed by atoms with Crippen LogP contribution < -0.4 is 14.5 Å². The van der Waals surface area contributed by atoms with Crippen LogP contribution in [0.3, 0.4) is 0 Å². The monoisotopic (exact) mass is 547 g/mol. The number of benzene rings is 4. The molecule has 38 heavy (non-hydrogen) atoms. The standard InChI is InChI=1S/C29H26ClN3O4S/c1-21(23-12-14-24(30)15-13-23)31-32-29(34)27-10-6-7-11-28(27)33(20-22-8-4-3-5-9-22)38(35,36)26-18-16-25(37-2)17-19-26/h3-19H,20H2,1-2H3,(H,32,34)/b31-21-. The van der Waals surface area contributed by atoms with Crippen LogP contribution >= 0.6 is 11.6 Å². The van der Waals surface area contributed by atoms with Gasteiger partial charge < -0.3 is 4.74 Å². The van der Waals surface area contributed by atoms with Crippen molar-refractivity contribution in [1.29, 1.82) is 0 Å². The third-order valence-corrected chi connectivity index (χ3v) is 7.85. The number of amides is 1. The van der Waals surface area contributed by atoms with Crippen molar-refractivity contribution in [2.24, 2.45) is 5.10 Å². The molecule has 0 aliphatic rings. The first-order valence-corrected chi connectivity index (χ1v) is 13.5. The number of halogens is 1. The number of ether oxygens (including phenoxy) is 1. The molecule has 4 aromatic carbocycles. The maximum Gasteiger partial charge on any atom is 0.273 e. The van der Waals surface area contributed by atoms with Crippen molar-refractivity contribution in [2.45, 2.75) is 18.4 Å². The molecule has 0 unspecified atom stereocenters. The lowest BCUT2D eigenvalue weighted by Crippen LogP contribution is -2.33. The number of hydrazone groups is 1. The second kappa shape index (κ2) is 11.9. The van der Waals surface area contributed by atoms with E-state index in [-0.39, 0.29) is 22.7 Å². The first kappa shape index (κ1) is 26.9. The van der Waals surface area contributed by atoms with Gasteiger partial charge in [-0.1, -0.05) is 66.2 Å². The van der Waals surface area contributed by atoms with E-state index in [1.807, 2.05) is 30.3 Å². The molecule has 0 aliphatic carbocycles. The Morgan fingerprint density at radius 2 is 1.53 bits per heavy atom. The number of rotatable bonds is 9. The highest BCUT2D eigenvalue weighted by Crippen LogP contribution is 2.30. The lowest BCUT2D eigenvalue weighted by molar-refractivity contribution is 0.0955. The molecule has 194 valence electrons. The minimum Gasteiger partial charge on any atom is -0.497 e. The molecule has 1 amide bonds. The largest absolute Gasteiger partial charge is 0.497 e. The number of carbonyl (C=O) groups excluding carboxylic acids is 1. The number of anilines is 1. The summed E-state index contributed by atoms with van der Waals surface area (Å²) >= 11 is 5.96. The van der Waals surface area contributed by atoms with E-state index in [9.17, 15) is 13.2 Å². The van der Waals surface area contributed by atoms with Crippen LogP contribution in [0.4, 0.5) is 5.69 Å². The third-order valence-electron chi connectivity index (χ3n) is 5.82. The zero-order valence-corrected chi connectivity index (χ0v) is 22.4. The summed E-state index contributed by atoms with van der Waals surface area (Å²) in [6.45, 7) is 1.78. The molecule has 7 nitrogen and oxygen atoms in total. The van der Waals surface area contributed by atoms with Crippen molar-refractivity contribution in [1.82, 2.24) is 5.43 Å². The fourth-order valence-electron chi connectivity index (χ4n) is 3.76. The van der Waals surface area contributed by atoms with E-state index in [0.717, 1.165) is 11.1 Å². The molecule has 0 fully saturated rings. The predicted molar refractivity (Wildman–Crippen MR) is 150 cm³/mol. The number of hydrogen-bond donors (Lipinski definition) is 1.